The number of furan rings is 1. The van der Waals surface area contributed by atoms with E-state index in [9.17, 15) is 14.7 Å². The number of aryl methyl sites for hydroxylation is 2. The minimum absolute atomic E-state index is 0.0828. The van der Waals surface area contributed by atoms with Gasteiger partial charge in [-0.1, -0.05) is 17.8 Å². The predicted octanol–water partition coefficient (Wildman–Crippen LogP) is 2.89. The van der Waals surface area contributed by atoms with E-state index in [0.717, 1.165) is 29.7 Å². The third kappa shape index (κ3) is 4.10. The van der Waals surface area contributed by atoms with Crippen molar-refractivity contribution in [2.24, 2.45) is 0 Å². The molecule has 1 atom stereocenters. The van der Waals surface area contributed by atoms with Crippen LogP contribution in [0.25, 0.3) is 10.2 Å². The second-order valence-electron chi connectivity index (χ2n) is 7.05. The number of hydrogen-bond donors (Lipinski definition) is 2. The van der Waals surface area contributed by atoms with Gasteiger partial charge >= 0.3 is 0 Å². The molecule has 0 radical (unpaired) electrons. The van der Waals surface area contributed by atoms with Crippen molar-refractivity contribution in [2.45, 2.75) is 49.2 Å². The van der Waals surface area contributed by atoms with Crippen LogP contribution in [0, 0.1) is 0 Å². The van der Waals surface area contributed by atoms with E-state index in [4.69, 9.17) is 9.40 Å². The van der Waals surface area contributed by atoms with Gasteiger partial charge in [0.1, 0.15) is 10.6 Å². The van der Waals surface area contributed by atoms with Crippen molar-refractivity contribution in [1.82, 2.24) is 14.9 Å². The van der Waals surface area contributed by atoms with Gasteiger partial charge in [-0.15, -0.1) is 17.9 Å². The molecule has 0 saturated carbocycles. The van der Waals surface area contributed by atoms with Gasteiger partial charge in [-0.3, -0.25) is 14.2 Å². The number of allylic oxidation sites excluding steroid dienone is 1. The molecule has 3 aromatic heterocycles. The van der Waals surface area contributed by atoms with Crippen molar-refractivity contribution in [2.75, 3.05) is 6.61 Å². The third-order valence-electron chi connectivity index (χ3n) is 5.05. The normalized spacial score (nSPS) is 14.0. The van der Waals surface area contributed by atoms with Gasteiger partial charge in [0.25, 0.3) is 5.56 Å². The standard InChI is InChI=1S/C21H23N3O4S2/c1-2-9-24-20(27)17-14-6-3-7-15(14)29-19(17)23-21(24)30-16(8-10-25)18(26)22-12-13-5-4-11-28-13/h2,4-5,11,16,25H,1,3,6-10,12H2,(H,22,26)/t16-/m0/s1. The number of aliphatic hydroxyl groups is 1. The monoisotopic (exact) mass is 445 g/mol. The summed E-state index contributed by atoms with van der Waals surface area (Å²) in [5.41, 5.74) is 1.05. The highest BCUT2D eigenvalue weighted by molar-refractivity contribution is 8.00. The fraction of sp³-hybridized carbons (Fsp3) is 0.381. The zero-order valence-corrected chi connectivity index (χ0v) is 18.1. The zero-order chi connectivity index (χ0) is 21.1. The van der Waals surface area contributed by atoms with Crippen LogP contribution in [-0.2, 0) is 30.7 Å². The van der Waals surface area contributed by atoms with Crippen molar-refractivity contribution in [1.29, 1.82) is 0 Å². The Hall–Kier alpha value is -2.36. The first-order valence-electron chi connectivity index (χ1n) is 9.86. The van der Waals surface area contributed by atoms with Gasteiger partial charge in [-0.2, -0.15) is 0 Å². The van der Waals surface area contributed by atoms with E-state index in [1.54, 1.807) is 40.4 Å². The van der Waals surface area contributed by atoms with Gasteiger partial charge in [0.2, 0.25) is 5.91 Å². The lowest BCUT2D eigenvalue weighted by Gasteiger charge is -2.17. The molecule has 1 amide bonds. The first kappa shape index (κ1) is 20.9. The number of aliphatic hydroxyl groups excluding tert-OH is 1. The first-order chi connectivity index (χ1) is 14.6. The molecule has 0 fully saturated rings. The fourth-order valence-corrected chi connectivity index (χ4v) is 6.03. The van der Waals surface area contributed by atoms with Crippen molar-refractivity contribution in [3.8, 4) is 0 Å². The van der Waals surface area contributed by atoms with Crippen LogP contribution in [0.3, 0.4) is 0 Å². The number of carbonyl (C=O) groups excluding carboxylic acids is 1. The van der Waals surface area contributed by atoms with Crippen LogP contribution in [0.1, 0.15) is 29.0 Å². The van der Waals surface area contributed by atoms with Crippen LogP contribution in [0.4, 0.5) is 0 Å². The highest BCUT2D eigenvalue weighted by Gasteiger charge is 2.26. The summed E-state index contributed by atoms with van der Waals surface area (Å²) in [4.78, 5) is 32.7. The number of fused-ring (bicyclic) bond motifs is 3. The van der Waals surface area contributed by atoms with E-state index in [0.29, 0.717) is 22.8 Å². The highest BCUT2D eigenvalue weighted by atomic mass is 32.2. The van der Waals surface area contributed by atoms with E-state index in [2.05, 4.69) is 11.9 Å². The fourth-order valence-electron chi connectivity index (χ4n) is 3.63. The molecule has 0 aliphatic heterocycles. The summed E-state index contributed by atoms with van der Waals surface area (Å²) in [5, 5.41) is 12.9. The van der Waals surface area contributed by atoms with Crippen LogP contribution in [0.15, 0.2) is 45.4 Å². The molecule has 4 rings (SSSR count). The van der Waals surface area contributed by atoms with Crippen LogP contribution < -0.4 is 10.9 Å². The van der Waals surface area contributed by atoms with Crippen LogP contribution in [0.5, 0.6) is 0 Å². The molecule has 1 aliphatic rings. The Labute approximate surface area is 181 Å². The van der Waals surface area contributed by atoms with Gasteiger partial charge in [0.15, 0.2) is 5.16 Å². The summed E-state index contributed by atoms with van der Waals surface area (Å²) >= 11 is 2.78. The summed E-state index contributed by atoms with van der Waals surface area (Å²) < 4.78 is 6.83. The quantitative estimate of drug-likeness (QED) is 0.299. The minimum Gasteiger partial charge on any atom is -0.467 e. The van der Waals surface area contributed by atoms with Gasteiger partial charge in [-0.25, -0.2) is 4.98 Å². The smallest absolute Gasteiger partial charge is 0.263 e. The summed E-state index contributed by atoms with van der Waals surface area (Å²) in [6, 6.07) is 3.54. The van der Waals surface area contributed by atoms with Gasteiger partial charge in [-0.05, 0) is 43.4 Å². The Balaban J connectivity index is 1.64. The first-order valence-corrected chi connectivity index (χ1v) is 11.6. The van der Waals surface area contributed by atoms with Gasteiger partial charge < -0.3 is 14.8 Å². The summed E-state index contributed by atoms with van der Waals surface area (Å²) in [7, 11) is 0. The molecular formula is C21H23N3O4S2. The van der Waals surface area contributed by atoms with Crippen LogP contribution in [0.2, 0.25) is 0 Å². The predicted molar refractivity (Wildman–Crippen MR) is 118 cm³/mol. The highest BCUT2D eigenvalue weighted by Crippen LogP contribution is 2.36. The Bertz CT molecular complexity index is 1120. The van der Waals surface area contributed by atoms with Crippen molar-refractivity contribution in [3.63, 3.8) is 0 Å². The zero-order valence-electron chi connectivity index (χ0n) is 16.4. The molecular weight excluding hydrogens is 422 g/mol. The lowest BCUT2D eigenvalue weighted by atomic mass is 10.2. The van der Waals surface area contributed by atoms with Gasteiger partial charge in [0, 0.05) is 18.0 Å². The average Bonchev–Trinajstić information content (AvgIpc) is 3.46. The number of amides is 1. The Kier molecular flexibility index (Phi) is 6.40. The Morgan fingerprint density at radius 2 is 2.37 bits per heavy atom. The molecule has 0 bridgehead atoms. The Morgan fingerprint density at radius 3 is 3.10 bits per heavy atom. The van der Waals surface area contributed by atoms with E-state index in [1.165, 1.54) is 16.6 Å². The number of hydrogen-bond acceptors (Lipinski definition) is 7. The second-order valence-corrected chi connectivity index (χ2v) is 9.31. The number of carbonyl (C=O) groups is 1. The molecule has 0 aromatic carbocycles. The lowest BCUT2D eigenvalue weighted by molar-refractivity contribution is -0.121. The summed E-state index contributed by atoms with van der Waals surface area (Å²) in [6.45, 7) is 4.19. The minimum atomic E-state index is -0.586. The largest absolute Gasteiger partial charge is 0.467 e. The molecule has 1 aliphatic carbocycles. The molecule has 3 aromatic rings. The average molecular weight is 446 g/mol. The van der Waals surface area contributed by atoms with Crippen LogP contribution in [-0.4, -0.2) is 32.4 Å². The number of rotatable bonds is 9. The summed E-state index contributed by atoms with van der Waals surface area (Å²) in [6.07, 6.45) is 6.42. The molecule has 0 saturated heterocycles. The Morgan fingerprint density at radius 1 is 1.50 bits per heavy atom. The van der Waals surface area contributed by atoms with Crippen molar-refractivity contribution >= 4 is 39.2 Å². The molecule has 30 heavy (non-hydrogen) atoms. The van der Waals surface area contributed by atoms with Crippen LogP contribution >= 0.6 is 23.1 Å². The molecule has 9 heteroatoms. The molecule has 2 N–H and O–H groups in total. The summed E-state index contributed by atoms with van der Waals surface area (Å²) in [5.74, 6) is 0.408. The number of nitrogens with one attached hydrogen (secondary N) is 1. The maximum absolute atomic E-state index is 13.3. The topological polar surface area (TPSA) is 97.4 Å². The molecule has 158 valence electrons. The van der Waals surface area contributed by atoms with E-state index in [-0.39, 0.29) is 31.0 Å². The third-order valence-corrected chi connectivity index (χ3v) is 7.49. The lowest BCUT2D eigenvalue weighted by Crippen LogP contribution is -2.34. The second kappa shape index (κ2) is 9.20. The van der Waals surface area contributed by atoms with Crippen molar-refractivity contribution in [3.05, 3.63) is 57.6 Å². The number of nitrogens with zero attached hydrogens (tertiary/aromatic N) is 2. The number of thioether (sulfide) groups is 1. The molecule has 7 nitrogen and oxygen atoms in total. The molecule has 0 unspecified atom stereocenters. The van der Waals surface area contributed by atoms with E-state index >= 15 is 0 Å². The van der Waals surface area contributed by atoms with E-state index < -0.39 is 5.25 Å². The SMILES string of the molecule is C=CCn1c(S[C@@H](CCO)C(=O)NCc2ccco2)nc2sc3c(c2c1=O)CCC3. The number of aromatic nitrogens is 2. The maximum Gasteiger partial charge on any atom is 0.263 e. The molecule has 3 heterocycles. The van der Waals surface area contributed by atoms with Gasteiger partial charge in [0.05, 0.1) is 23.4 Å². The number of thiophene rings is 1. The maximum atomic E-state index is 13.3. The van der Waals surface area contributed by atoms with E-state index in [1.807, 2.05) is 0 Å². The molecule has 0 spiro atoms. The van der Waals surface area contributed by atoms with Crippen molar-refractivity contribution < 1.29 is 14.3 Å².